The van der Waals surface area contributed by atoms with Crippen molar-refractivity contribution < 1.29 is 13.9 Å². The van der Waals surface area contributed by atoms with Gasteiger partial charge < -0.3 is 9.15 Å². The molecule has 1 atom stereocenters. The Bertz CT molecular complexity index is 806. The number of benzene rings is 1. The summed E-state index contributed by atoms with van der Waals surface area (Å²) in [6.07, 6.45) is 3.08. The molecule has 0 saturated carbocycles. The van der Waals surface area contributed by atoms with Crippen LogP contribution in [0.25, 0.3) is 11.0 Å². The van der Waals surface area contributed by atoms with E-state index < -0.39 is 6.10 Å². The van der Waals surface area contributed by atoms with Crippen LogP contribution in [0.4, 0.5) is 0 Å². The molecule has 0 saturated heterocycles. The maximum Gasteiger partial charge on any atom is 0.339 e. The molecule has 1 aliphatic carbocycles. The monoisotopic (exact) mass is 320 g/mol. The minimum absolute atomic E-state index is 0.0944. The summed E-state index contributed by atoms with van der Waals surface area (Å²) in [5.74, 6) is 0.263. The molecular weight excluding hydrogens is 304 g/mol. The fourth-order valence-corrected chi connectivity index (χ4v) is 3.02. The molecule has 0 amide bonds. The number of hydrogen-bond donors (Lipinski definition) is 0. The van der Waals surface area contributed by atoms with Gasteiger partial charge in [0.2, 0.25) is 0 Å². The zero-order chi connectivity index (χ0) is 15.9. The first kappa shape index (κ1) is 15.1. The highest BCUT2D eigenvalue weighted by atomic mass is 35.5. The van der Waals surface area contributed by atoms with E-state index in [4.69, 9.17) is 20.8 Å². The van der Waals surface area contributed by atoms with Crippen LogP contribution in [0.3, 0.4) is 0 Å². The van der Waals surface area contributed by atoms with Gasteiger partial charge >= 0.3 is 5.63 Å². The average Bonchev–Trinajstić information content (AvgIpc) is 2.49. The van der Waals surface area contributed by atoms with E-state index in [9.17, 15) is 9.59 Å². The van der Waals surface area contributed by atoms with E-state index in [1.165, 1.54) is 6.92 Å². The average molecular weight is 321 g/mol. The number of fused-ring (bicyclic) bond motifs is 3. The maximum atomic E-state index is 12.1. The summed E-state index contributed by atoms with van der Waals surface area (Å²) in [5.41, 5.74) is 1.97. The lowest BCUT2D eigenvalue weighted by molar-refractivity contribution is -0.122. The van der Waals surface area contributed by atoms with Crippen LogP contribution in [-0.4, -0.2) is 11.9 Å². The SMILES string of the molecule is CC(=O)C(C)Oc1cc2oc(=O)c3c(c2cc1Cl)CCCC3. The Morgan fingerprint density at radius 1 is 1.27 bits per heavy atom. The molecule has 0 aliphatic heterocycles. The smallest absolute Gasteiger partial charge is 0.339 e. The van der Waals surface area contributed by atoms with Gasteiger partial charge in [0.05, 0.1) is 5.02 Å². The zero-order valence-corrected chi connectivity index (χ0v) is 13.3. The Balaban J connectivity index is 2.14. The molecule has 1 heterocycles. The van der Waals surface area contributed by atoms with Crippen molar-refractivity contribution in [3.05, 3.63) is 38.7 Å². The van der Waals surface area contributed by atoms with E-state index in [1.54, 1.807) is 19.1 Å². The van der Waals surface area contributed by atoms with Crippen molar-refractivity contribution in [2.75, 3.05) is 0 Å². The summed E-state index contributed by atoms with van der Waals surface area (Å²) in [6.45, 7) is 3.11. The van der Waals surface area contributed by atoms with E-state index in [2.05, 4.69) is 0 Å². The first-order valence-electron chi connectivity index (χ1n) is 7.42. The number of carbonyl (C=O) groups excluding carboxylic acids is 1. The lowest BCUT2D eigenvalue weighted by Crippen LogP contribution is -2.21. The van der Waals surface area contributed by atoms with Gasteiger partial charge in [0.15, 0.2) is 11.9 Å². The molecule has 1 aromatic heterocycles. The van der Waals surface area contributed by atoms with Gasteiger partial charge in [0.1, 0.15) is 11.3 Å². The van der Waals surface area contributed by atoms with E-state index in [0.717, 1.165) is 42.2 Å². The molecule has 1 unspecified atom stereocenters. The van der Waals surface area contributed by atoms with E-state index in [-0.39, 0.29) is 11.4 Å². The highest BCUT2D eigenvalue weighted by Gasteiger charge is 2.20. The van der Waals surface area contributed by atoms with Gasteiger partial charge in [-0.05, 0) is 51.2 Å². The second-order valence-electron chi connectivity index (χ2n) is 5.70. The summed E-state index contributed by atoms with van der Waals surface area (Å²) >= 11 is 6.28. The lowest BCUT2D eigenvalue weighted by Gasteiger charge is -2.18. The molecule has 4 nitrogen and oxygen atoms in total. The van der Waals surface area contributed by atoms with Crippen LogP contribution in [-0.2, 0) is 17.6 Å². The zero-order valence-electron chi connectivity index (χ0n) is 12.6. The van der Waals surface area contributed by atoms with Gasteiger partial charge in [-0.15, -0.1) is 0 Å². The summed E-state index contributed by atoms with van der Waals surface area (Å²) < 4.78 is 11.0. The number of hydrogen-bond acceptors (Lipinski definition) is 4. The highest BCUT2D eigenvalue weighted by Crippen LogP contribution is 2.34. The van der Waals surface area contributed by atoms with Crippen molar-refractivity contribution in [1.29, 1.82) is 0 Å². The molecule has 0 bridgehead atoms. The topological polar surface area (TPSA) is 56.5 Å². The number of halogens is 1. The second kappa shape index (κ2) is 5.76. The van der Waals surface area contributed by atoms with Crippen LogP contribution in [0.2, 0.25) is 5.02 Å². The molecule has 116 valence electrons. The van der Waals surface area contributed by atoms with Gasteiger partial charge in [-0.25, -0.2) is 4.79 Å². The molecule has 22 heavy (non-hydrogen) atoms. The van der Waals surface area contributed by atoms with Crippen molar-refractivity contribution in [2.24, 2.45) is 0 Å². The number of rotatable bonds is 3. The molecule has 0 radical (unpaired) electrons. The van der Waals surface area contributed by atoms with Gasteiger partial charge in [-0.2, -0.15) is 0 Å². The third kappa shape index (κ3) is 2.63. The molecule has 2 aromatic rings. The van der Waals surface area contributed by atoms with Crippen LogP contribution in [0.1, 0.15) is 37.8 Å². The largest absolute Gasteiger partial charge is 0.481 e. The maximum absolute atomic E-state index is 12.1. The summed E-state index contributed by atoms with van der Waals surface area (Å²) in [4.78, 5) is 23.4. The molecule has 1 aliphatic rings. The fraction of sp³-hybridized carbons (Fsp3) is 0.412. The van der Waals surface area contributed by atoms with Gasteiger partial charge in [0, 0.05) is 17.0 Å². The molecule has 3 rings (SSSR count). The second-order valence-corrected chi connectivity index (χ2v) is 6.11. The van der Waals surface area contributed by atoms with Crippen molar-refractivity contribution in [3.8, 4) is 5.75 Å². The van der Waals surface area contributed by atoms with E-state index in [1.807, 2.05) is 0 Å². The molecule has 0 spiro atoms. The van der Waals surface area contributed by atoms with E-state index >= 15 is 0 Å². The Hall–Kier alpha value is -1.81. The molecule has 1 aromatic carbocycles. The molecule has 0 fully saturated rings. The third-order valence-electron chi connectivity index (χ3n) is 4.15. The van der Waals surface area contributed by atoms with Gasteiger partial charge in [0.25, 0.3) is 0 Å². The lowest BCUT2D eigenvalue weighted by atomic mass is 9.90. The first-order valence-corrected chi connectivity index (χ1v) is 7.80. The normalized spacial score (nSPS) is 15.4. The molecule has 0 N–H and O–H groups in total. The first-order chi connectivity index (χ1) is 10.5. The quantitative estimate of drug-likeness (QED) is 0.809. The summed E-state index contributed by atoms with van der Waals surface area (Å²) in [5, 5.41) is 1.28. The Morgan fingerprint density at radius 2 is 1.95 bits per heavy atom. The predicted molar refractivity (Wildman–Crippen MR) is 84.9 cm³/mol. The van der Waals surface area contributed by atoms with Gasteiger partial charge in [-0.3, -0.25) is 4.79 Å². The minimum atomic E-state index is -0.598. The number of ether oxygens (including phenoxy) is 1. The van der Waals surface area contributed by atoms with Crippen molar-refractivity contribution in [3.63, 3.8) is 0 Å². The minimum Gasteiger partial charge on any atom is -0.481 e. The van der Waals surface area contributed by atoms with Gasteiger partial charge in [-0.1, -0.05) is 11.6 Å². The van der Waals surface area contributed by atoms with Crippen LogP contribution in [0, 0.1) is 0 Å². The van der Waals surface area contributed by atoms with Crippen LogP contribution >= 0.6 is 11.6 Å². The Morgan fingerprint density at radius 3 is 2.64 bits per heavy atom. The Kier molecular flexibility index (Phi) is 3.96. The predicted octanol–water partition coefficient (Wildman–Crippen LogP) is 3.68. The number of ketones is 1. The van der Waals surface area contributed by atoms with Crippen molar-refractivity contribution in [1.82, 2.24) is 0 Å². The van der Waals surface area contributed by atoms with Crippen LogP contribution < -0.4 is 10.4 Å². The number of carbonyl (C=O) groups is 1. The summed E-state index contributed by atoms with van der Waals surface area (Å²) in [7, 11) is 0. The van der Waals surface area contributed by atoms with E-state index in [0.29, 0.717) is 16.4 Å². The fourth-order valence-electron chi connectivity index (χ4n) is 2.81. The standard InChI is InChI=1S/C17H17ClO4/c1-9(19)10(2)21-16-8-15-13(7-14(16)18)11-5-3-4-6-12(11)17(20)22-15/h7-8,10H,3-6H2,1-2H3. The molecular formula is C17H17ClO4. The highest BCUT2D eigenvalue weighted by molar-refractivity contribution is 6.32. The molecule has 5 heteroatoms. The third-order valence-corrected chi connectivity index (χ3v) is 4.45. The number of aryl methyl sites for hydroxylation is 1. The van der Waals surface area contributed by atoms with Crippen LogP contribution in [0.5, 0.6) is 5.75 Å². The number of Topliss-reactive ketones (excluding diaryl/α,β-unsaturated/α-hetero) is 1. The van der Waals surface area contributed by atoms with Crippen molar-refractivity contribution in [2.45, 2.75) is 45.6 Å². The Labute approximate surface area is 133 Å². The van der Waals surface area contributed by atoms with Crippen molar-refractivity contribution >= 4 is 28.4 Å². The van der Waals surface area contributed by atoms with Crippen LogP contribution in [0.15, 0.2) is 21.3 Å². The summed E-state index contributed by atoms with van der Waals surface area (Å²) in [6, 6.07) is 3.37.